The number of aryl methyl sites for hydroxylation is 2. The van der Waals surface area contributed by atoms with E-state index in [-0.39, 0.29) is 12.0 Å². The Morgan fingerprint density at radius 1 is 1.30 bits per heavy atom. The van der Waals surface area contributed by atoms with Crippen LogP contribution in [0.2, 0.25) is 0 Å². The first-order valence-electron chi connectivity index (χ1n) is 8.62. The molecule has 2 atom stereocenters. The Morgan fingerprint density at radius 3 is 2.70 bits per heavy atom. The number of carbonyl (C=O) groups excluding carboxylic acids is 1. The number of amides is 1. The average Bonchev–Trinajstić information content (AvgIpc) is 3.16. The SMILES string of the molecule is Cc1noc(CCCC(=O)N2CCN([C@@H]3CCC[C@@H]3O)CC2)n1. The van der Waals surface area contributed by atoms with Gasteiger partial charge in [0, 0.05) is 45.1 Å². The Hall–Kier alpha value is -1.47. The van der Waals surface area contributed by atoms with Gasteiger partial charge in [-0.1, -0.05) is 5.16 Å². The molecule has 3 rings (SSSR count). The van der Waals surface area contributed by atoms with Crippen molar-refractivity contribution in [1.29, 1.82) is 0 Å². The van der Waals surface area contributed by atoms with Gasteiger partial charge in [-0.3, -0.25) is 9.69 Å². The van der Waals surface area contributed by atoms with Crippen molar-refractivity contribution in [2.75, 3.05) is 26.2 Å². The zero-order valence-corrected chi connectivity index (χ0v) is 13.8. The number of aliphatic hydroxyl groups is 1. The molecule has 0 bridgehead atoms. The van der Waals surface area contributed by atoms with E-state index >= 15 is 0 Å². The Morgan fingerprint density at radius 2 is 2.09 bits per heavy atom. The van der Waals surface area contributed by atoms with Crippen LogP contribution in [-0.4, -0.2) is 69.3 Å². The number of aliphatic hydroxyl groups excluding tert-OH is 1. The molecule has 1 aromatic heterocycles. The minimum atomic E-state index is -0.185. The lowest BCUT2D eigenvalue weighted by atomic mass is 10.1. The van der Waals surface area contributed by atoms with Gasteiger partial charge in [-0.05, 0) is 32.6 Å². The summed E-state index contributed by atoms with van der Waals surface area (Å²) in [5.41, 5.74) is 0. The predicted octanol–water partition coefficient (Wildman–Crippen LogP) is 0.758. The highest BCUT2D eigenvalue weighted by molar-refractivity contribution is 5.76. The summed E-state index contributed by atoms with van der Waals surface area (Å²) in [6, 6.07) is 0.299. The standard InChI is InChI=1S/C16H26N4O3/c1-12-17-15(23-18-12)6-3-7-16(22)20-10-8-19(9-11-20)13-4-2-5-14(13)21/h13-14,21H,2-11H2,1H3/t13-,14+/m1/s1. The van der Waals surface area contributed by atoms with Crippen molar-refractivity contribution in [2.45, 2.75) is 57.6 Å². The number of piperazine rings is 1. The van der Waals surface area contributed by atoms with Crippen molar-refractivity contribution in [1.82, 2.24) is 19.9 Å². The predicted molar refractivity (Wildman–Crippen MR) is 83.8 cm³/mol. The lowest BCUT2D eigenvalue weighted by molar-refractivity contribution is -0.133. The minimum absolute atomic E-state index is 0.185. The zero-order valence-electron chi connectivity index (χ0n) is 13.8. The highest BCUT2D eigenvalue weighted by atomic mass is 16.5. The fraction of sp³-hybridized carbons (Fsp3) is 0.812. The second kappa shape index (κ2) is 7.40. The third-order valence-electron chi connectivity index (χ3n) is 4.93. The van der Waals surface area contributed by atoms with Gasteiger partial charge in [-0.15, -0.1) is 0 Å². The van der Waals surface area contributed by atoms with Crippen LogP contribution in [-0.2, 0) is 11.2 Å². The summed E-state index contributed by atoms with van der Waals surface area (Å²) in [6.07, 6.45) is 4.84. The van der Waals surface area contributed by atoms with Gasteiger partial charge in [0.15, 0.2) is 5.82 Å². The number of carbonyl (C=O) groups is 1. The summed E-state index contributed by atoms with van der Waals surface area (Å²) < 4.78 is 5.06. The van der Waals surface area contributed by atoms with Crippen LogP contribution in [0.5, 0.6) is 0 Å². The van der Waals surface area contributed by atoms with E-state index in [1.807, 2.05) is 4.90 Å². The summed E-state index contributed by atoms with van der Waals surface area (Å²) >= 11 is 0. The van der Waals surface area contributed by atoms with Crippen LogP contribution < -0.4 is 0 Å². The number of nitrogens with zero attached hydrogens (tertiary/aromatic N) is 4. The normalized spacial score (nSPS) is 25.9. The van der Waals surface area contributed by atoms with Gasteiger partial charge in [0.05, 0.1) is 6.10 Å². The molecular weight excluding hydrogens is 296 g/mol. The van der Waals surface area contributed by atoms with Gasteiger partial charge in [0.2, 0.25) is 11.8 Å². The van der Waals surface area contributed by atoms with E-state index in [0.717, 1.165) is 51.9 Å². The molecule has 0 spiro atoms. The van der Waals surface area contributed by atoms with Crippen molar-refractivity contribution in [3.05, 3.63) is 11.7 Å². The van der Waals surface area contributed by atoms with E-state index in [1.165, 1.54) is 0 Å². The van der Waals surface area contributed by atoms with Crippen molar-refractivity contribution in [3.63, 3.8) is 0 Å². The molecule has 2 aliphatic rings. The number of hydrogen-bond acceptors (Lipinski definition) is 6. The van der Waals surface area contributed by atoms with Gasteiger partial charge in [0.1, 0.15) is 0 Å². The molecule has 7 heteroatoms. The summed E-state index contributed by atoms with van der Waals surface area (Å²) in [5, 5.41) is 13.7. The maximum Gasteiger partial charge on any atom is 0.226 e. The molecule has 2 heterocycles. The number of rotatable bonds is 5. The van der Waals surface area contributed by atoms with Gasteiger partial charge in [0.25, 0.3) is 0 Å². The highest BCUT2D eigenvalue weighted by Crippen LogP contribution is 2.25. The molecule has 23 heavy (non-hydrogen) atoms. The molecule has 128 valence electrons. The fourth-order valence-electron chi connectivity index (χ4n) is 3.64. The third kappa shape index (κ3) is 4.09. The molecule has 2 fully saturated rings. The highest BCUT2D eigenvalue weighted by Gasteiger charge is 2.33. The van der Waals surface area contributed by atoms with E-state index in [1.54, 1.807) is 6.92 Å². The molecule has 1 saturated heterocycles. The van der Waals surface area contributed by atoms with Gasteiger partial charge in [-0.2, -0.15) is 4.98 Å². The fourth-order valence-corrected chi connectivity index (χ4v) is 3.64. The summed E-state index contributed by atoms with van der Waals surface area (Å²) in [4.78, 5) is 20.7. The number of aromatic nitrogens is 2. The van der Waals surface area contributed by atoms with Gasteiger partial charge in [-0.25, -0.2) is 0 Å². The second-order valence-corrected chi connectivity index (χ2v) is 6.57. The Kier molecular flexibility index (Phi) is 5.27. The maximum absolute atomic E-state index is 12.3. The van der Waals surface area contributed by atoms with Crippen LogP contribution in [0.3, 0.4) is 0 Å². The average molecular weight is 322 g/mol. The van der Waals surface area contributed by atoms with Crippen molar-refractivity contribution >= 4 is 5.91 Å². The van der Waals surface area contributed by atoms with Crippen molar-refractivity contribution in [2.24, 2.45) is 0 Å². The Labute approximate surface area is 136 Å². The van der Waals surface area contributed by atoms with E-state index in [9.17, 15) is 9.90 Å². The van der Waals surface area contributed by atoms with Crippen LogP contribution in [0, 0.1) is 6.92 Å². The topological polar surface area (TPSA) is 82.7 Å². The maximum atomic E-state index is 12.3. The Balaban J connectivity index is 1.38. The van der Waals surface area contributed by atoms with Gasteiger partial charge < -0.3 is 14.5 Å². The largest absolute Gasteiger partial charge is 0.391 e. The first-order valence-corrected chi connectivity index (χ1v) is 8.62. The molecule has 0 aromatic carbocycles. The smallest absolute Gasteiger partial charge is 0.226 e. The molecule has 1 aromatic rings. The summed E-state index contributed by atoms with van der Waals surface area (Å²) in [6.45, 7) is 5.06. The first kappa shape index (κ1) is 16.4. The van der Waals surface area contributed by atoms with E-state index in [4.69, 9.17) is 4.52 Å². The molecule has 7 nitrogen and oxygen atoms in total. The van der Waals surface area contributed by atoms with Crippen LogP contribution in [0.4, 0.5) is 0 Å². The zero-order chi connectivity index (χ0) is 16.2. The molecule has 1 aliphatic carbocycles. The molecular formula is C16H26N4O3. The Bertz CT molecular complexity index is 525. The lowest BCUT2D eigenvalue weighted by Crippen LogP contribution is -2.53. The molecule has 0 radical (unpaired) electrons. The van der Waals surface area contributed by atoms with Crippen molar-refractivity contribution in [3.8, 4) is 0 Å². The van der Waals surface area contributed by atoms with E-state index in [0.29, 0.717) is 30.6 Å². The van der Waals surface area contributed by atoms with Crippen LogP contribution in [0.1, 0.15) is 43.8 Å². The van der Waals surface area contributed by atoms with Crippen molar-refractivity contribution < 1.29 is 14.4 Å². The van der Waals surface area contributed by atoms with E-state index in [2.05, 4.69) is 15.0 Å². The molecule has 1 N–H and O–H groups in total. The van der Waals surface area contributed by atoms with E-state index < -0.39 is 0 Å². The lowest BCUT2D eigenvalue weighted by Gasteiger charge is -2.39. The third-order valence-corrected chi connectivity index (χ3v) is 4.93. The monoisotopic (exact) mass is 322 g/mol. The summed E-state index contributed by atoms with van der Waals surface area (Å²) in [7, 11) is 0. The first-order chi connectivity index (χ1) is 11.1. The number of hydrogen-bond donors (Lipinski definition) is 1. The molecule has 1 saturated carbocycles. The molecule has 0 unspecified atom stereocenters. The van der Waals surface area contributed by atoms with Crippen LogP contribution in [0.15, 0.2) is 4.52 Å². The molecule has 1 amide bonds. The quantitative estimate of drug-likeness (QED) is 0.862. The second-order valence-electron chi connectivity index (χ2n) is 6.57. The van der Waals surface area contributed by atoms with Gasteiger partial charge >= 0.3 is 0 Å². The molecule has 1 aliphatic heterocycles. The van der Waals surface area contributed by atoms with Crippen LogP contribution >= 0.6 is 0 Å². The summed E-state index contributed by atoms with van der Waals surface area (Å²) in [5.74, 6) is 1.44. The minimum Gasteiger partial charge on any atom is -0.391 e. The van der Waals surface area contributed by atoms with Crippen LogP contribution in [0.25, 0.3) is 0 Å².